The summed E-state index contributed by atoms with van der Waals surface area (Å²) in [5.41, 5.74) is 0.613. The fraction of sp³-hybridized carbons (Fsp3) is 0.0667. The highest BCUT2D eigenvalue weighted by molar-refractivity contribution is 6.33. The fourth-order valence-electron chi connectivity index (χ4n) is 1.85. The molecule has 0 fully saturated rings. The third-order valence-corrected chi connectivity index (χ3v) is 3.21. The van der Waals surface area contributed by atoms with Crippen molar-refractivity contribution in [2.75, 3.05) is 7.11 Å². The summed E-state index contributed by atoms with van der Waals surface area (Å²) in [5.74, 6) is -2.32. The molecule has 0 radical (unpaired) electrons. The topological polar surface area (TPSA) is 63.6 Å². The zero-order valence-electron chi connectivity index (χ0n) is 10.9. The van der Waals surface area contributed by atoms with E-state index in [0.29, 0.717) is 5.56 Å². The first-order valence-corrected chi connectivity index (χ1v) is 6.23. The number of carbonyl (C=O) groups is 2. The van der Waals surface area contributed by atoms with Crippen LogP contribution in [0, 0.1) is 5.82 Å². The number of benzene rings is 2. The Morgan fingerprint density at radius 2 is 1.90 bits per heavy atom. The van der Waals surface area contributed by atoms with Crippen molar-refractivity contribution in [2.45, 2.75) is 0 Å². The van der Waals surface area contributed by atoms with Gasteiger partial charge in [0.15, 0.2) is 0 Å². The van der Waals surface area contributed by atoms with Gasteiger partial charge in [-0.25, -0.2) is 14.0 Å². The number of methoxy groups -OCH3 is 1. The molecule has 0 aromatic heterocycles. The normalized spacial score (nSPS) is 10.2. The van der Waals surface area contributed by atoms with E-state index in [9.17, 15) is 14.0 Å². The largest absolute Gasteiger partial charge is 0.478 e. The minimum absolute atomic E-state index is 0.0112. The van der Waals surface area contributed by atoms with Crippen molar-refractivity contribution < 1.29 is 23.8 Å². The second-order valence-corrected chi connectivity index (χ2v) is 4.59. The number of aromatic carboxylic acids is 1. The van der Waals surface area contributed by atoms with Gasteiger partial charge < -0.3 is 9.84 Å². The van der Waals surface area contributed by atoms with Crippen LogP contribution in [0.15, 0.2) is 36.4 Å². The SMILES string of the molecule is COC(=O)c1ccc(F)c(-c2ccc(C(=O)O)c(Cl)c2)c1. The number of rotatable bonds is 3. The molecule has 0 saturated carbocycles. The highest BCUT2D eigenvalue weighted by atomic mass is 35.5. The van der Waals surface area contributed by atoms with Crippen LogP contribution in [0.25, 0.3) is 11.1 Å². The number of hydrogen-bond donors (Lipinski definition) is 1. The molecule has 0 heterocycles. The molecule has 0 amide bonds. The lowest BCUT2D eigenvalue weighted by Gasteiger charge is -2.08. The number of carbonyl (C=O) groups excluding carboxylic acids is 1. The van der Waals surface area contributed by atoms with Gasteiger partial charge >= 0.3 is 11.9 Å². The minimum atomic E-state index is -1.17. The number of esters is 1. The molecule has 2 rings (SSSR count). The molecule has 6 heteroatoms. The van der Waals surface area contributed by atoms with Gasteiger partial charge in [-0.2, -0.15) is 0 Å². The van der Waals surface area contributed by atoms with Gasteiger partial charge in [-0.1, -0.05) is 17.7 Å². The Kier molecular flexibility index (Phi) is 4.23. The number of hydrogen-bond acceptors (Lipinski definition) is 3. The van der Waals surface area contributed by atoms with Crippen LogP contribution in [0.1, 0.15) is 20.7 Å². The Labute approximate surface area is 124 Å². The minimum Gasteiger partial charge on any atom is -0.478 e. The smallest absolute Gasteiger partial charge is 0.337 e. The van der Waals surface area contributed by atoms with E-state index >= 15 is 0 Å². The lowest BCUT2D eigenvalue weighted by molar-refractivity contribution is 0.0600. The number of ether oxygens (including phenoxy) is 1. The van der Waals surface area contributed by atoms with Crippen molar-refractivity contribution in [1.82, 2.24) is 0 Å². The Morgan fingerprint density at radius 3 is 2.48 bits per heavy atom. The van der Waals surface area contributed by atoms with Crippen LogP contribution in [0.5, 0.6) is 0 Å². The van der Waals surface area contributed by atoms with Crippen molar-refractivity contribution in [1.29, 1.82) is 0 Å². The Balaban J connectivity index is 2.53. The molecule has 0 bridgehead atoms. The number of halogens is 2. The zero-order chi connectivity index (χ0) is 15.6. The van der Waals surface area contributed by atoms with Gasteiger partial charge in [0.1, 0.15) is 5.82 Å². The predicted octanol–water partition coefficient (Wildman–Crippen LogP) is 3.63. The van der Waals surface area contributed by atoms with E-state index in [1.807, 2.05) is 0 Å². The Hall–Kier alpha value is -2.40. The summed E-state index contributed by atoms with van der Waals surface area (Å²) in [7, 11) is 1.23. The molecule has 0 aliphatic rings. The molecular formula is C15H10ClFO4. The van der Waals surface area contributed by atoms with Crippen LogP contribution in [0.4, 0.5) is 4.39 Å². The number of carboxylic acid groups (broad SMARTS) is 1. The van der Waals surface area contributed by atoms with Crippen LogP contribution >= 0.6 is 11.6 Å². The Morgan fingerprint density at radius 1 is 1.19 bits per heavy atom. The van der Waals surface area contributed by atoms with Crippen molar-refractivity contribution in [3.05, 3.63) is 58.4 Å². The Bertz CT molecular complexity index is 728. The van der Waals surface area contributed by atoms with Gasteiger partial charge in [-0.3, -0.25) is 0 Å². The molecule has 0 atom stereocenters. The highest BCUT2D eigenvalue weighted by Crippen LogP contribution is 2.28. The van der Waals surface area contributed by atoms with E-state index in [1.54, 1.807) is 0 Å². The van der Waals surface area contributed by atoms with Gasteiger partial charge in [-0.15, -0.1) is 0 Å². The van der Waals surface area contributed by atoms with Crippen LogP contribution in [-0.2, 0) is 4.74 Å². The summed E-state index contributed by atoms with van der Waals surface area (Å²) in [6.07, 6.45) is 0. The van der Waals surface area contributed by atoms with E-state index in [4.69, 9.17) is 16.7 Å². The first-order valence-electron chi connectivity index (χ1n) is 5.85. The van der Waals surface area contributed by atoms with E-state index in [1.165, 1.54) is 37.4 Å². The maximum absolute atomic E-state index is 13.9. The maximum atomic E-state index is 13.9. The molecule has 0 saturated heterocycles. The average Bonchev–Trinajstić information content (AvgIpc) is 2.46. The molecular weight excluding hydrogens is 299 g/mol. The van der Waals surface area contributed by atoms with Gasteiger partial charge in [0.25, 0.3) is 0 Å². The number of carboxylic acids is 1. The van der Waals surface area contributed by atoms with Gasteiger partial charge in [0, 0.05) is 5.56 Å². The molecule has 0 aliphatic carbocycles. The molecule has 0 unspecified atom stereocenters. The summed E-state index contributed by atoms with van der Waals surface area (Å²) in [6, 6.07) is 7.81. The zero-order valence-corrected chi connectivity index (χ0v) is 11.6. The van der Waals surface area contributed by atoms with Crippen LogP contribution in [0.3, 0.4) is 0 Å². The lowest BCUT2D eigenvalue weighted by atomic mass is 10.0. The summed E-state index contributed by atoms with van der Waals surface area (Å²) >= 11 is 5.86. The van der Waals surface area contributed by atoms with E-state index in [2.05, 4.69) is 4.74 Å². The average molecular weight is 309 g/mol. The van der Waals surface area contributed by atoms with Crippen LogP contribution in [0.2, 0.25) is 5.02 Å². The van der Waals surface area contributed by atoms with E-state index < -0.39 is 17.8 Å². The van der Waals surface area contributed by atoms with E-state index in [-0.39, 0.29) is 21.7 Å². The second kappa shape index (κ2) is 5.93. The first kappa shape index (κ1) is 15.0. The molecule has 4 nitrogen and oxygen atoms in total. The quantitative estimate of drug-likeness (QED) is 0.879. The maximum Gasteiger partial charge on any atom is 0.337 e. The van der Waals surface area contributed by atoms with Crippen molar-refractivity contribution >= 4 is 23.5 Å². The van der Waals surface area contributed by atoms with Crippen molar-refractivity contribution in [3.63, 3.8) is 0 Å². The first-order chi connectivity index (χ1) is 9.93. The van der Waals surface area contributed by atoms with Crippen molar-refractivity contribution in [3.8, 4) is 11.1 Å². The molecule has 108 valence electrons. The van der Waals surface area contributed by atoms with Gasteiger partial charge in [-0.05, 0) is 35.9 Å². The van der Waals surface area contributed by atoms with E-state index in [0.717, 1.165) is 6.07 Å². The summed E-state index contributed by atoms with van der Waals surface area (Å²) < 4.78 is 18.5. The summed E-state index contributed by atoms with van der Waals surface area (Å²) in [4.78, 5) is 22.4. The predicted molar refractivity (Wildman–Crippen MR) is 75.1 cm³/mol. The molecule has 2 aromatic rings. The molecule has 2 aromatic carbocycles. The highest BCUT2D eigenvalue weighted by Gasteiger charge is 2.14. The third-order valence-electron chi connectivity index (χ3n) is 2.90. The summed E-state index contributed by atoms with van der Waals surface area (Å²) in [6.45, 7) is 0. The third kappa shape index (κ3) is 3.03. The molecule has 1 N–H and O–H groups in total. The van der Waals surface area contributed by atoms with Crippen LogP contribution < -0.4 is 0 Å². The molecule has 0 spiro atoms. The van der Waals surface area contributed by atoms with Crippen molar-refractivity contribution in [2.24, 2.45) is 0 Å². The monoisotopic (exact) mass is 308 g/mol. The summed E-state index contributed by atoms with van der Waals surface area (Å²) in [5, 5.41) is 8.90. The van der Waals surface area contributed by atoms with Gasteiger partial charge in [0.2, 0.25) is 0 Å². The van der Waals surface area contributed by atoms with Crippen LogP contribution in [-0.4, -0.2) is 24.2 Å². The van der Waals surface area contributed by atoms with Gasteiger partial charge in [0.05, 0.1) is 23.3 Å². The molecule has 0 aliphatic heterocycles. The second-order valence-electron chi connectivity index (χ2n) is 4.19. The lowest BCUT2D eigenvalue weighted by Crippen LogP contribution is -2.02. The fourth-order valence-corrected chi connectivity index (χ4v) is 2.11. The molecule has 21 heavy (non-hydrogen) atoms. The standard InChI is InChI=1S/C15H10ClFO4/c1-21-15(20)9-3-5-13(17)11(6-9)8-2-4-10(14(18)19)12(16)7-8/h2-7H,1H3,(H,18,19).